The lowest BCUT2D eigenvalue weighted by molar-refractivity contribution is 1.17. The van der Waals surface area contributed by atoms with Crippen LogP contribution in [-0.4, -0.2) is 26.9 Å². The van der Waals surface area contributed by atoms with E-state index in [0.29, 0.717) is 11.5 Å². The second-order valence-electron chi connectivity index (χ2n) is 2.08. The largest absolute Gasteiger partial charge is 0.382 e. The molecule has 0 saturated carbocycles. The SMILES string of the molecule is CSC(=Nc1cncnc1N)SC. The van der Waals surface area contributed by atoms with Crippen molar-refractivity contribution in [3.63, 3.8) is 0 Å². The van der Waals surface area contributed by atoms with Crippen LogP contribution >= 0.6 is 23.5 Å². The van der Waals surface area contributed by atoms with Crippen molar-refractivity contribution >= 4 is 39.4 Å². The molecule has 13 heavy (non-hydrogen) atoms. The van der Waals surface area contributed by atoms with Gasteiger partial charge in [0, 0.05) is 0 Å². The molecule has 6 heteroatoms. The Labute approximate surface area is 85.4 Å². The molecule has 0 aliphatic carbocycles. The predicted molar refractivity (Wildman–Crippen MR) is 60.6 cm³/mol. The van der Waals surface area contributed by atoms with E-state index in [1.807, 2.05) is 12.5 Å². The predicted octanol–water partition coefficient (Wildman–Crippen LogP) is 1.77. The van der Waals surface area contributed by atoms with E-state index >= 15 is 0 Å². The molecule has 0 unspecified atom stereocenters. The summed E-state index contributed by atoms with van der Waals surface area (Å²) < 4.78 is 0.946. The highest BCUT2D eigenvalue weighted by Gasteiger charge is 1.99. The summed E-state index contributed by atoms with van der Waals surface area (Å²) >= 11 is 3.15. The number of thioether (sulfide) groups is 2. The van der Waals surface area contributed by atoms with Crippen molar-refractivity contribution in [1.29, 1.82) is 0 Å². The number of nitrogens with zero attached hydrogens (tertiary/aromatic N) is 3. The Kier molecular flexibility index (Phi) is 4.04. The number of aromatic nitrogens is 2. The molecule has 0 aliphatic rings. The molecule has 0 radical (unpaired) electrons. The zero-order chi connectivity index (χ0) is 9.68. The van der Waals surface area contributed by atoms with E-state index in [2.05, 4.69) is 15.0 Å². The Morgan fingerprint density at radius 2 is 2.15 bits per heavy atom. The lowest BCUT2D eigenvalue weighted by Crippen LogP contribution is -1.92. The van der Waals surface area contributed by atoms with Gasteiger partial charge in [-0.3, -0.25) is 0 Å². The Balaban J connectivity index is 2.95. The van der Waals surface area contributed by atoms with Crippen LogP contribution in [-0.2, 0) is 0 Å². The molecule has 0 aromatic carbocycles. The van der Waals surface area contributed by atoms with Gasteiger partial charge in [0.05, 0.1) is 6.20 Å². The molecule has 0 spiro atoms. The highest BCUT2D eigenvalue weighted by Crippen LogP contribution is 2.22. The Morgan fingerprint density at radius 3 is 2.69 bits per heavy atom. The summed E-state index contributed by atoms with van der Waals surface area (Å²) in [6, 6.07) is 0. The second kappa shape index (κ2) is 5.08. The fourth-order valence-electron chi connectivity index (χ4n) is 0.691. The molecule has 0 fully saturated rings. The lowest BCUT2D eigenvalue weighted by Gasteiger charge is -1.99. The third-order valence-electron chi connectivity index (χ3n) is 1.28. The van der Waals surface area contributed by atoms with E-state index in [4.69, 9.17) is 5.73 Å². The van der Waals surface area contributed by atoms with Crippen molar-refractivity contribution < 1.29 is 0 Å². The number of rotatable bonds is 1. The first kappa shape index (κ1) is 10.3. The molecule has 1 rings (SSSR count). The van der Waals surface area contributed by atoms with Crippen molar-refractivity contribution in [1.82, 2.24) is 9.97 Å². The van der Waals surface area contributed by atoms with Crippen molar-refractivity contribution in [2.45, 2.75) is 0 Å². The number of nitrogen functional groups attached to an aromatic ring is 1. The number of aliphatic imine (C=N–C) groups is 1. The first-order valence-corrected chi connectivity index (χ1v) is 5.95. The zero-order valence-electron chi connectivity index (χ0n) is 7.39. The van der Waals surface area contributed by atoms with E-state index in [-0.39, 0.29) is 0 Å². The molecule has 0 bridgehead atoms. The second-order valence-corrected chi connectivity index (χ2v) is 3.93. The summed E-state index contributed by atoms with van der Waals surface area (Å²) in [6.45, 7) is 0. The summed E-state index contributed by atoms with van der Waals surface area (Å²) in [5, 5.41) is 0. The molecule has 1 aromatic heterocycles. The van der Waals surface area contributed by atoms with Crippen LogP contribution in [0.25, 0.3) is 0 Å². The van der Waals surface area contributed by atoms with Crippen LogP contribution in [0.2, 0.25) is 0 Å². The smallest absolute Gasteiger partial charge is 0.152 e. The van der Waals surface area contributed by atoms with Gasteiger partial charge in [-0.05, 0) is 12.5 Å². The normalized spacial score (nSPS) is 9.69. The number of hydrogen-bond acceptors (Lipinski definition) is 6. The van der Waals surface area contributed by atoms with E-state index in [1.165, 1.54) is 6.33 Å². The third kappa shape index (κ3) is 2.89. The van der Waals surface area contributed by atoms with Gasteiger partial charge in [0.1, 0.15) is 16.4 Å². The van der Waals surface area contributed by atoms with Gasteiger partial charge in [0.25, 0.3) is 0 Å². The Hall–Kier alpha value is -0.750. The van der Waals surface area contributed by atoms with Crippen LogP contribution in [0, 0.1) is 0 Å². The zero-order valence-corrected chi connectivity index (χ0v) is 9.02. The van der Waals surface area contributed by atoms with Crippen molar-refractivity contribution in [2.75, 3.05) is 18.2 Å². The van der Waals surface area contributed by atoms with E-state index < -0.39 is 0 Å². The van der Waals surface area contributed by atoms with Crippen LogP contribution in [0.3, 0.4) is 0 Å². The standard InChI is InChI=1S/C7H10N4S2/c1-12-7(13-2)11-5-3-9-4-10-6(5)8/h3-4H,1-2H3,(H2,8,9,10). The van der Waals surface area contributed by atoms with Crippen LogP contribution in [0.1, 0.15) is 0 Å². The maximum absolute atomic E-state index is 5.60. The monoisotopic (exact) mass is 214 g/mol. The Morgan fingerprint density at radius 1 is 1.46 bits per heavy atom. The van der Waals surface area contributed by atoms with E-state index in [9.17, 15) is 0 Å². The highest BCUT2D eigenvalue weighted by atomic mass is 32.2. The van der Waals surface area contributed by atoms with E-state index in [1.54, 1.807) is 29.7 Å². The van der Waals surface area contributed by atoms with Gasteiger partial charge in [-0.25, -0.2) is 15.0 Å². The molecule has 70 valence electrons. The van der Waals surface area contributed by atoms with Crippen LogP contribution in [0.15, 0.2) is 17.5 Å². The molecule has 1 aromatic rings. The minimum atomic E-state index is 0.413. The lowest BCUT2D eigenvalue weighted by atomic mass is 10.5. The summed E-state index contributed by atoms with van der Waals surface area (Å²) in [6.07, 6.45) is 6.95. The van der Waals surface area contributed by atoms with Crippen LogP contribution in [0.5, 0.6) is 0 Å². The third-order valence-corrected chi connectivity index (χ3v) is 3.16. The fourth-order valence-corrected chi connectivity index (χ4v) is 1.74. The van der Waals surface area contributed by atoms with Gasteiger partial charge >= 0.3 is 0 Å². The van der Waals surface area contributed by atoms with Crippen LogP contribution in [0.4, 0.5) is 11.5 Å². The highest BCUT2D eigenvalue weighted by molar-refractivity contribution is 8.38. The first-order valence-electron chi connectivity index (χ1n) is 3.50. The summed E-state index contributed by atoms with van der Waals surface area (Å²) in [5.41, 5.74) is 6.23. The molecule has 0 atom stereocenters. The number of anilines is 1. The summed E-state index contributed by atoms with van der Waals surface area (Å²) in [7, 11) is 0. The maximum Gasteiger partial charge on any atom is 0.152 e. The number of nitrogens with two attached hydrogens (primary N) is 1. The van der Waals surface area contributed by atoms with Crippen molar-refractivity contribution in [3.05, 3.63) is 12.5 Å². The molecular formula is C7H10N4S2. The average Bonchev–Trinajstić information content (AvgIpc) is 2.17. The van der Waals surface area contributed by atoms with Gasteiger partial charge in [-0.15, -0.1) is 23.5 Å². The maximum atomic E-state index is 5.60. The summed E-state index contributed by atoms with van der Waals surface area (Å²) in [5.74, 6) is 0.413. The van der Waals surface area contributed by atoms with E-state index in [0.717, 1.165) is 4.38 Å². The number of hydrogen-bond donors (Lipinski definition) is 1. The molecular weight excluding hydrogens is 204 g/mol. The van der Waals surface area contributed by atoms with Gasteiger partial charge in [0.2, 0.25) is 0 Å². The average molecular weight is 214 g/mol. The van der Waals surface area contributed by atoms with Gasteiger partial charge in [-0.1, -0.05) is 0 Å². The topological polar surface area (TPSA) is 64.2 Å². The molecule has 4 nitrogen and oxygen atoms in total. The van der Waals surface area contributed by atoms with Gasteiger partial charge in [0.15, 0.2) is 5.82 Å². The van der Waals surface area contributed by atoms with Gasteiger partial charge in [-0.2, -0.15) is 0 Å². The first-order chi connectivity index (χ1) is 6.27. The van der Waals surface area contributed by atoms with Crippen molar-refractivity contribution in [3.8, 4) is 0 Å². The molecule has 0 saturated heterocycles. The minimum absolute atomic E-state index is 0.413. The molecule has 0 aliphatic heterocycles. The summed E-state index contributed by atoms with van der Waals surface area (Å²) in [4.78, 5) is 12.0. The fraction of sp³-hybridized carbons (Fsp3) is 0.286. The van der Waals surface area contributed by atoms with Crippen LogP contribution < -0.4 is 5.73 Å². The van der Waals surface area contributed by atoms with Crippen molar-refractivity contribution in [2.24, 2.45) is 4.99 Å². The Bertz CT molecular complexity index is 307. The molecule has 2 N–H and O–H groups in total. The molecule has 0 amide bonds. The van der Waals surface area contributed by atoms with Gasteiger partial charge < -0.3 is 5.73 Å². The molecule has 1 heterocycles. The quantitative estimate of drug-likeness (QED) is 0.570. The minimum Gasteiger partial charge on any atom is -0.382 e.